The van der Waals surface area contributed by atoms with Crippen molar-refractivity contribution in [2.45, 2.75) is 19.3 Å². The van der Waals surface area contributed by atoms with Crippen molar-refractivity contribution in [2.75, 3.05) is 13.1 Å². The van der Waals surface area contributed by atoms with Crippen LogP contribution in [-0.2, 0) is 16.0 Å². The van der Waals surface area contributed by atoms with Crippen LogP contribution in [-0.4, -0.2) is 29.8 Å². The van der Waals surface area contributed by atoms with Gasteiger partial charge in [0.05, 0.1) is 6.42 Å². The van der Waals surface area contributed by atoms with E-state index in [2.05, 4.69) is 0 Å². The van der Waals surface area contributed by atoms with Gasteiger partial charge in [0.25, 0.3) is 0 Å². The van der Waals surface area contributed by atoms with Crippen molar-refractivity contribution in [1.82, 2.24) is 4.90 Å². The van der Waals surface area contributed by atoms with Gasteiger partial charge in [-0.25, -0.2) is 0 Å². The zero-order valence-electron chi connectivity index (χ0n) is 10.6. The van der Waals surface area contributed by atoms with Crippen molar-refractivity contribution in [2.24, 2.45) is 11.7 Å². The van der Waals surface area contributed by atoms with Gasteiger partial charge in [-0.05, 0) is 30.5 Å². The summed E-state index contributed by atoms with van der Waals surface area (Å²) in [6, 6.07) is 7.31. The zero-order valence-corrected chi connectivity index (χ0v) is 11.4. The van der Waals surface area contributed by atoms with Crippen LogP contribution in [0, 0.1) is 5.92 Å². The van der Waals surface area contributed by atoms with Crippen molar-refractivity contribution in [1.29, 1.82) is 0 Å². The van der Waals surface area contributed by atoms with Gasteiger partial charge < -0.3 is 10.6 Å². The van der Waals surface area contributed by atoms with Crippen molar-refractivity contribution < 1.29 is 9.59 Å². The maximum Gasteiger partial charge on any atom is 0.226 e. The summed E-state index contributed by atoms with van der Waals surface area (Å²) in [5, 5.41) is 0.637. The summed E-state index contributed by atoms with van der Waals surface area (Å²) in [4.78, 5) is 25.0. The highest BCUT2D eigenvalue weighted by Gasteiger charge is 2.25. The van der Waals surface area contributed by atoms with E-state index in [0.717, 1.165) is 5.56 Å². The molecule has 19 heavy (non-hydrogen) atoms. The Morgan fingerprint density at radius 1 is 1.32 bits per heavy atom. The SMILES string of the molecule is NC(=O)C1CCN(C(=O)Cc2cccc(Cl)c2)CC1. The Kier molecular flexibility index (Phi) is 4.43. The average molecular weight is 281 g/mol. The van der Waals surface area contributed by atoms with Gasteiger partial charge in [0.1, 0.15) is 0 Å². The molecule has 2 rings (SSSR count). The Morgan fingerprint density at radius 2 is 2.00 bits per heavy atom. The molecular formula is C14H17ClN2O2. The number of hydrogen-bond donors (Lipinski definition) is 1. The van der Waals surface area contributed by atoms with Crippen LogP contribution in [0.15, 0.2) is 24.3 Å². The van der Waals surface area contributed by atoms with Crippen LogP contribution < -0.4 is 5.73 Å². The second kappa shape index (κ2) is 6.06. The molecule has 1 aliphatic rings. The summed E-state index contributed by atoms with van der Waals surface area (Å²) in [5.41, 5.74) is 6.18. The molecule has 1 heterocycles. The number of rotatable bonds is 3. The van der Waals surface area contributed by atoms with Crippen molar-refractivity contribution in [3.63, 3.8) is 0 Å². The lowest BCUT2D eigenvalue weighted by Gasteiger charge is -2.30. The summed E-state index contributed by atoms with van der Waals surface area (Å²) in [5.74, 6) is -0.276. The molecule has 0 aromatic heterocycles. The first-order chi connectivity index (χ1) is 9.06. The topological polar surface area (TPSA) is 63.4 Å². The molecule has 2 N–H and O–H groups in total. The van der Waals surface area contributed by atoms with Crippen molar-refractivity contribution >= 4 is 23.4 Å². The third-order valence-electron chi connectivity index (χ3n) is 3.49. The number of piperidine rings is 1. The molecule has 2 amide bonds. The molecule has 1 aromatic rings. The van der Waals surface area contributed by atoms with Crippen LogP contribution in [0.3, 0.4) is 0 Å². The minimum Gasteiger partial charge on any atom is -0.369 e. The number of carbonyl (C=O) groups excluding carboxylic acids is 2. The van der Waals surface area contributed by atoms with E-state index in [1.807, 2.05) is 12.1 Å². The number of likely N-dealkylation sites (tertiary alicyclic amines) is 1. The van der Waals surface area contributed by atoms with E-state index < -0.39 is 0 Å². The van der Waals surface area contributed by atoms with Crippen LogP contribution >= 0.6 is 11.6 Å². The van der Waals surface area contributed by atoms with Crippen LogP contribution in [0.25, 0.3) is 0 Å². The minimum atomic E-state index is -0.262. The number of hydrogen-bond acceptors (Lipinski definition) is 2. The third-order valence-corrected chi connectivity index (χ3v) is 3.73. The Labute approximate surface area is 117 Å². The molecule has 1 saturated heterocycles. The molecule has 5 heteroatoms. The number of carbonyl (C=O) groups is 2. The highest BCUT2D eigenvalue weighted by atomic mass is 35.5. The fourth-order valence-electron chi connectivity index (χ4n) is 2.35. The Balaban J connectivity index is 1.90. The molecule has 4 nitrogen and oxygen atoms in total. The maximum atomic E-state index is 12.1. The van der Waals surface area contributed by atoms with E-state index in [1.54, 1.807) is 17.0 Å². The van der Waals surface area contributed by atoms with Crippen LogP contribution in [0.4, 0.5) is 0 Å². The molecule has 0 radical (unpaired) electrons. The number of primary amides is 1. The lowest BCUT2D eigenvalue weighted by atomic mass is 9.96. The van der Waals surface area contributed by atoms with Crippen LogP contribution in [0.1, 0.15) is 18.4 Å². The van der Waals surface area contributed by atoms with Gasteiger partial charge in [0.15, 0.2) is 0 Å². The number of nitrogens with zero attached hydrogens (tertiary/aromatic N) is 1. The molecule has 0 aliphatic carbocycles. The average Bonchev–Trinajstić information content (AvgIpc) is 2.39. The molecule has 102 valence electrons. The Bertz CT molecular complexity index is 482. The molecule has 0 atom stereocenters. The molecule has 1 fully saturated rings. The molecule has 0 unspecified atom stereocenters. The Hall–Kier alpha value is -1.55. The fourth-order valence-corrected chi connectivity index (χ4v) is 2.56. The first-order valence-electron chi connectivity index (χ1n) is 6.38. The highest BCUT2D eigenvalue weighted by Crippen LogP contribution is 2.18. The zero-order chi connectivity index (χ0) is 13.8. The van der Waals surface area contributed by atoms with E-state index >= 15 is 0 Å². The minimum absolute atomic E-state index is 0.0742. The molecule has 1 aliphatic heterocycles. The van der Waals surface area contributed by atoms with E-state index in [1.165, 1.54) is 0 Å². The first kappa shape index (κ1) is 13.9. The summed E-state index contributed by atoms with van der Waals surface area (Å²) >= 11 is 5.89. The largest absolute Gasteiger partial charge is 0.369 e. The quantitative estimate of drug-likeness (QED) is 0.914. The van der Waals surface area contributed by atoms with E-state index in [0.29, 0.717) is 37.4 Å². The predicted molar refractivity (Wildman–Crippen MR) is 73.7 cm³/mol. The fraction of sp³-hybridized carbons (Fsp3) is 0.429. The second-order valence-electron chi connectivity index (χ2n) is 4.86. The molecule has 0 bridgehead atoms. The smallest absolute Gasteiger partial charge is 0.226 e. The van der Waals surface area contributed by atoms with Gasteiger partial charge in [-0.1, -0.05) is 23.7 Å². The van der Waals surface area contributed by atoms with Crippen molar-refractivity contribution in [3.05, 3.63) is 34.9 Å². The second-order valence-corrected chi connectivity index (χ2v) is 5.30. The van der Waals surface area contributed by atoms with Crippen molar-refractivity contribution in [3.8, 4) is 0 Å². The van der Waals surface area contributed by atoms with E-state index in [-0.39, 0.29) is 17.7 Å². The summed E-state index contributed by atoms with van der Waals surface area (Å²) in [7, 11) is 0. The lowest BCUT2D eigenvalue weighted by molar-refractivity contribution is -0.134. The number of amides is 2. The highest BCUT2D eigenvalue weighted by molar-refractivity contribution is 6.30. The van der Waals surface area contributed by atoms with Gasteiger partial charge in [-0.3, -0.25) is 9.59 Å². The normalized spacial score (nSPS) is 16.4. The monoisotopic (exact) mass is 280 g/mol. The molecule has 1 aromatic carbocycles. The summed E-state index contributed by atoms with van der Waals surface area (Å²) in [6.45, 7) is 1.21. The van der Waals surface area contributed by atoms with E-state index in [9.17, 15) is 9.59 Å². The lowest BCUT2D eigenvalue weighted by Crippen LogP contribution is -2.42. The van der Waals surface area contributed by atoms with Gasteiger partial charge >= 0.3 is 0 Å². The van der Waals surface area contributed by atoms with Crippen LogP contribution in [0.2, 0.25) is 5.02 Å². The van der Waals surface area contributed by atoms with Gasteiger partial charge in [0, 0.05) is 24.0 Å². The first-order valence-corrected chi connectivity index (χ1v) is 6.75. The third kappa shape index (κ3) is 3.70. The predicted octanol–water partition coefficient (Wildman–Crippen LogP) is 1.61. The number of halogens is 1. The standard InChI is InChI=1S/C14H17ClN2O2/c15-12-3-1-2-10(8-12)9-13(18)17-6-4-11(5-7-17)14(16)19/h1-3,8,11H,4-7,9H2,(H2,16,19). The molecule has 0 spiro atoms. The molecular weight excluding hydrogens is 264 g/mol. The Morgan fingerprint density at radius 3 is 2.58 bits per heavy atom. The summed E-state index contributed by atoms with van der Waals surface area (Å²) < 4.78 is 0. The van der Waals surface area contributed by atoms with Gasteiger partial charge in [-0.2, -0.15) is 0 Å². The van der Waals surface area contributed by atoms with Gasteiger partial charge in [0.2, 0.25) is 11.8 Å². The van der Waals surface area contributed by atoms with Crippen LogP contribution in [0.5, 0.6) is 0 Å². The number of benzene rings is 1. The maximum absolute atomic E-state index is 12.1. The van der Waals surface area contributed by atoms with E-state index in [4.69, 9.17) is 17.3 Å². The molecule has 0 saturated carbocycles. The number of nitrogens with two attached hydrogens (primary N) is 1. The van der Waals surface area contributed by atoms with Gasteiger partial charge in [-0.15, -0.1) is 0 Å². The summed E-state index contributed by atoms with van der Waals surface area (Å²) in [6.07, 6.45) is 1.68.